The first-order valence-electron chi connectivity index (χ1n) is 5.31. The van der Waals surface area contributed by atoms with Crippen LogP contribution in [0.1, 0.15) is 19.8 Å². The lowest BCUT2D eigenvalue weighted by Crippen LogP contribution is -2.17. The summed E-state index contributed by atoms with van der Waals surface area (Å²) in [4.78, 5) is 0. The highest BCUT2D eigenvalue weighted by atomic mass is 79.9. The summed E-state index contributed by atoms with van der Waals surface area (Å²) < 4.78 is 6.22. The highest BCUT2D eigenvalue weighted by molar-refractivity contribution is 9.10. The van der Waals surface area contributed by atoms with Crippen molar-refractivity contribution in [2.45, 2.75) is 25.8 Å². The molecule has 1 aliphatic carbocycles. The van der Waals surface area contributed by atoms with Crippen LogP contribution in [0.4, 0.5) is 5.69 Å². The molecule has 2 rings (SSSR count). The van der Waals surface area contributed by atoms with E-state index in [9.17, 15) is 0 Å². The molecule has 82 valence electrons. The number of ether oxygens (including phenoxy) is 1. The molecule has 1 atom stereocenters. The number of anilines is 1. The fourth-order valence-corrected chi connectivity index (χ4v) is 2.17. The van der Waals surface area contributed by atoms with E-state index in [0.717, 1.165) is 21.8 Å². The lowest BCUT2D eigenvalue weighted by molar-refractivity contribution is 0.414. The van der Waals surface area contributed by atoms with Gasteiger partial charge >= 0.3 is 0 Å². The van der Waals surface area contributed by atoms with Gasteiger partial charge in [-0.05, 0) is 59.8 Å². The quantitative estimate of drug-likeness (QED) is 0.901. The fourth-order valence-electron chi connectivity index (χ4n) is 1.70. The molecular weight excluding hydrogens is 254 g/mol. The molecule has 0 amide bonds. The molecule has 1 aliphatic rings. The van der Waals surface area contributed by atoms with Gasteiger partial charge in [0.25, 0.3) is 0 Å². The Hall–Kier alpha value is -0.700. The highest BCUT2D eigenvalue weighted by Gasteiger charge is 2.27. The zero-order valence-electron chi connectivity index (χ0n) is 9.09. The molecule has 0 saturated heterocycles. The second-order valence-corrected chi connectivity index (χ2v) is 4.97. The molecule has 0 spiro atoms. The summed E-state index contributed by atoms with van der Waals surface area (Å²) in [6, 6.07) is 6.59. The predicted molar refractivity (Wildman–Crippen MR) is 66.5 cm³/mol. The fraction of sp³-hybridized carbons (Fsp3) is 0.500. The molecular formula is C12H16BrNO. The molecule has 1 unspecified atom stereocenters. The Labute approximate surface area is 99.1 Å². The summed E-state index contributed by atoms with van der Waals surface area (Å²) in [6.45, 7) is 2.24. The van der Waals surface area contributed by atoms with Crippen molar-refractivity contribution in [1.82, 2.24) is 0 Å². The van der Waals surface area contributed by atoms with Gasteiger partial charge in [0.15, 0.2) is 0 Å². The van der Waals surface area contributed by atoms with E-state index in [0.29, 0.717) is 6.04 Å². The number of halogens is 1. The van der Waals surface area contributed by atoms with Gasteiger partial charge < -0.3 is 10.1 Å². The minimum absolute atomic E-state index is 0.565. The van der Waals surface area contributed by atoms with Crippen molar-refractivity contribution in [2.75, 3.05) is 12.4 Å². The Kier molecular flexibility index (Phi) is 3.19. The Balaban J connectivity index is 2.07. The molecule has 0 bridgehead atoms. The van der Waals surface area contributed by atoms with Gasteiger partial charge in [-0.3, -0.25) is 0 Å². The average molecular weight is 270 g/mol. The minimum atomic E-state index is 0.565. The average Bonchev–Trinajstić information content (AvgIpc) is 3.04. The van der Waals surface area contributed by atoms with Gasteiger partial charge in [-0.25, -0.2) is 0 Å². The second-order valence-electron chi connectivity index (χ2n) is 4.12. The molecule has 1 aromatic rings. The van der Waals surface area contributed by atoms with Crippen molar-refractivity contribution < 1.29 is 4.74 Å². The van der Waals surface area contributed by atoms with E-state index >= 15 is 0 Å². The number of hydrogen-bond donors (Lipinski definition) is 1. The molecule has 0 aliphatic heterocycles. The Morgan fingerprint density at radius 1 is 1.47 bits per heavy atom. The van der Waals surface area contributed by atoms with Gasteiger partial charge in [-0.15, -0.1) is 0 Å². The van der Waals surface area contributed by atoms with Crippen LogP contribution in [-0.4, -0.2) is 13.2 Å². The van der Waals surface area contributed by atoms with Crippen LogP contribution in [0.3, 0.4) is 0 Å². The van der Waals surface area contributed by atoms with E-state index in [1.807, 2.05) is 12.1 Å². The van der Waals surface area contributed by atoms with Crippen molar-refractivity contribution >= 4 is 21.6 Å². The van der Waals surface area contributed by atoms with Gasteiger partial charge in [0.2, 0.25) is 0 Å². The zero-order valence-corrected chi connectivity index (χ0v) is 10.7. The maximum Gasteiger partial charge on any atom is 0.120 e. The van der Waals surface area contributed by atoms with Gasteiger partial charge in [0.1, 0.15) is 5.75 Å². The summed E-state index contributed by atoms with van der Waals surface area (Å²) in [5.74, 6) is 1.74. The third-order valence-electron chi connectivity index (χ3n) is 2.89. The van der Waals surface area contributed by atoms with Gasteiger partial charge in [-0.1, -0.05) is 0 Å². The van der Waals surface area contributed by atoms with Crippen molar-refractivity contribution in [2.24, 2.45) is 5.92 Å². The molecule has 0 heterocycles. The number of benzene rings is 1. The molecule has 0 aromatic heterocycles. The maximum atomic E-state index is 5.16. The number of nitrogens with one attached hydrogen (secondary N) is 1. The SMILES string of the molecule is COc1ccc(NC(C)C2CC2)c(Br)c1. The minimum Gasteiger partial charge on any atom is -0.497 e. The monoisotopic (exact) mass is 269 g/mol. The van der Waals surface area contributed by atoms with Gasteiger partial charge in [0, 0.05) is 16.2 Å². The van der Waals surface area contributed by atoms with E-state index in [-0.39, 0.29) is 0 Å². The summed E-state index contributed by atoms with van der Waals surface area (Å²) in [6.07, 6.45) is 2.73. The first-order chi connectivity index (χ1) is 7.20. The lowest BCUT2D eigenvalue weighted by atomic mass is 10.2. The van der Waals surface area contributed by atoms with Crippen LogP contribution in [-0.2, 0) is 0 Å². The van der Waals surface area contributed by atoms with Crippen molar-refractivity contribution in [1.29, 1.82) is 0 Å². The van der Waals surface area contributed by atoms with Crippen LogP contribution >= 0.6 is 15.9 Å². The topological polar surface area (TPSA) is 21.3 Å². The smallest absolute Gasteiger partial charge is 0.120 e. The second kappa shape index (κ2) is 4.44. The highest BCUT2D eigenvalue weighted by Crippen LogP contribution is 2.35. The summed E-state index contributed by atoms with van der Waals surface area (Å²) >= 11 is 3.54. The van der Waals surface area contributed by atoms with Crippen LogP contribution in [0.5, 0.6) is 5.75 Å². The first-order valence-corrected chi connectivity index (χ1v) is 6.10. The predicted octanol–water partition coefficient (Wildman–Crippen LogP) is 3.67. The first kappa shape index (κ1) is 10.8. The summed E-state index contributed by atoms with van der Waals surface area (Å²) in [7, 11) is 1.68. The van der Waals surface area contributed by atoms with Crippen molar-refractivity contribution in [3.8, 4) is 5.75 Å². The standard InChI is InChI=1S/C12H16BrNO/c1-8(9-3-4-9)14-12-6-5-10(15-2)7-11(12)13/h5-9,14H,3-4H2,1-2H3. The summed E-state index contributed by atoms with van der Waals surface area (Å²) in [5, 5.41) is 3.52. The third kappa shape index (κ3) is 2.65. The molecule has 3 heteroatoms. The van der Waals surface area contributed by atoms with Gasteiger partial charge in [-0.2, -0.15) is 0 Å². The number of methoxy groups -OCH3 is 1. The van der Waals surface area contributed by atoms with E-state index in [4.69, 9.17) is 4.74 Å². The van der Waals surface area contributed by atoms with E-state index in [2.05, 4.69) is 34.2 Å². The molecule has 1 saturated carbocycles. The molecule has 1 fully saturated rings. The van der Waals surface area contributed by atoms with Crippen molar-refractivity contribution in [3.63, 3.8) is 0 Å². The van der Waals surface area contributed by atoms with E-state index in [1.54, 1.807) is 7.11 Å². The molecule has 15 heavy (non-hydrogen) atoms. The van der Waals surface area contributed by atoms with Gasteiger partial charge in [0.05, 0.1) is 7.11 Å². The number of hydrogen-bond acceptors (Lipinski definition) is 2. The van der Waals surface area contributed by atoms with Crippen LogP contribution in [0.15, 0.2) is 22.7 Å². The molecule has 2 nitrogen and oxygen atoms in total. The van der Waals surface area contributed by atoms with Crippen LogP contribution in [0.25, 0.3) is 0 Å². The molecule has 1 N–H and O–H groups in total. The summed E-state index contributed by atoms with van der Waals surface area (Å²) in [5.41, 5.74) is 1.15. The normalized spacial score (nSPS) is 17.3. The molecule has 1 aromatic carbocycles. The Bertz CT molecular complexity index is 349. The molecule has 0 radical (unpaired) electrons. The van der Waals surface area contributed by atoms with Crippen LogP contribution < -0.4 is 10.1 Å². The van der Waals surface area contributed by atoms with Crippen LogP contribution in [0.2, 0.25) is 0 Å². The number of rotatable bonds is 4. The third-order valence-corrected chi connectivity index (χ3v) is 3.54. The maximum absolute atomic E-state index is 5.16. The largest absolute Gasteiger partial charge is 0.497 e. The van der Waals surface area contributed by atoms with Crippen LogP contribution in [0, 0.1) is 5.92 Å². The van der Waals surface area contributed by atoms with Crippen molar-refractivity contribution in [3.05, 3.63) is 22.7 Å². The Morgan fingerprint density at radius 2 is 2.20 bits per heavy atom. The lowest BCUT2D eigenvalue weighted by Gasteiger charge is -2.16. The van der Waals surface area contributed by atoms with E-state index < -0.39 is 0 Å². The Morgan fingerprint density at radius 3 is 2.73 bits per heavy atom. The van der Waals surface area contributed by atoms with E-state index in [1.165, 1.54) is 12.8 Å². The zero-order chi connectivity index (χ0) is 10.8.